The van der Waals surface area contributed by atoms with E-state index in [1.807, 2.05) is 22.6 Å². The van der Waals surface area contributed by atoms with E-state index < -0.39 is 0 Å². The molecule has 0 saturated carbocycles. The van der Waals surface area contributed by atoms with E-state index in [-0.39, 0.29) is 0 Å². The highest BCUT2D eigenvalue weighted by Crippen LogP contribution is 1.74. The number of rotatable bonds is 1. The van der Waals surface area contributed by atoms with Crippen molar-refractivity contribution in [1.82, 2.24) is 20.2 Å². The molecule has 1 aromatic rings. The second-order valence-corrected chi connectivity index (χ2v) is 1.78. The Labute approximate surface area is 65.8 Å². The van der Waals surface area contributed by atoms with Gasteiger partial charge in [-0.3, -0.25) is 0 Å². The number of hydrogen-bond acceptors (Lipinski definition) is 3. The number of hydrogen-bond donors (Lipinski definition) is 0. The van der Waals surface area contributed by atoms with Crippen LogP contribution < -0.4 is 0 Å². The summed E-state index contributed by atoms with van der Waals surface area (Å²) >= 11 is 1.96. The summed E-state index contributed by atoms with van der Waals surface area (Å²) in [5.41, 5.74) is 0. The first-order chi connectivity index (χ1) is 4.43. The molecule has 5 heteroatoms. The standard InChI is InChI=1S/C4H3IN4/c5-2-1-3-9-7-4-6-8-9/h4H,3H2. The van der Waals surface area contributed by atoms with Gasteiger partial charge in [0.05, 0.1) is 0 Å². The van der Waals surface area contributed by atoms with Crippen molar-refractivity contribution in [3.8, 4) is 9.85 Å². The van der Waals surface area contributed by atoms with E-state index in [1.54, 1.807) is 0 Å². The summed E-state index contributed by atoms with van der Waals surface area (Å²) in [4.78, 5) is 1.42. The minimum Gasteiger partial charge on any atom is -0.152 e. The van der Waals surface area contributed by atoms with Crippen LogP contribution in [0.25, 0.3) is 0 Å². The number of tetrazole rings is 1. The molecule has 0 radical (unpaired) electrons. The van der Waals surface area contributed by atoms with Gasteiger partial charge in [0, 0.05) is 22.6 Å². The first-order valence-electron chi connectivity index (χ1n) is 2.23. The van der Waals surface area contributed by atoms with Gasteiger partial charge in [-0.05, 0) is 9.14 Å². The molecule has 0 fully saturated rings. The molecular formula is C4H3IN4. The first-order valence-corrected chi connectivity index (χ1v) is 3.30. The normalized spacial score (nSPS) is 8.11. The fourth-order valence-corrected chi connectivity index (χ4v) is 0.532. The lowest BCUT2D eigenvalue weighted by Crippen LogP contribution is -1.99. The topological polar surface area (TPSA) is 43.6 Å². The predicted molar refractivity (Wildman–Crippen MR) is 39.6 cm³/mol. The molecule has 46 valence electrons. The predicted octanol–water partition coefficient (Wildman–Crippen LogP) is 0.0690. The molecule has 1 aromatic heterocycles. The van der Waals surface area contributed by atoms with Gasteiger partial charge in [0.2, 0.25) is 0 Å². The van der Waals surface area contributed by atoms with E-state index in [4.69, 9.17) is 0 Å². The summed E-state index contributed by atoms with van der Waals surface area (Å²) in [7, 11) is 0. The second-order valence-electron chi connectivity index (χ2n) is 1.24. The van der Waals surface area contributed by atoms with E-state index in [9.17, 15) is 0 Å². The first kappa shape index (κ1) is 6.48. The molecule has 0 bridgehead atoms. The molecule has 0 saturated heterocycles. The van der Waals surface area contributed by atoms with Crippen LogP contribution in [-0.4, -0.2) is 20.2 Å². The van der Waals surface area contributed by atoms with E-state index in [0.29, 0.717) is 6.54 Å². The zero-order chi connectivity index (χ0) is 6.53. The smallest absolute Gasteiger partial charge is 0.152 e. The maximum Gasteiger partial charge on any atom is 0.162 e. The Morgan fingerprint density at radius 3 is 3.11 bits per heavy atom. The molecule has 0 aromatic carbocycles. The Bertz CT molecular complexity index is 218. The third-order valence-electron chi connectivity index (χ3n) is 0.679. The Morgan fingerprint density at radius 1 is 1.67 bits per heavy atom. The van der Waals surface area contributed by atoms with Gasteiger partial charge in [0.1, 0.15) is 6.54 Å². The molecule has 0 atom stereocenters. The van der Waals surface area contributed by atoms with Crippen LogP contribution >= 0.6 is 22.6 Å². The highest BCUT2D eigenvalue weighted by molar-refractivity contribution is 14.1. The van der Waals surface area contributed by atoms with Crippen molar-refractivity contribution in [2.24, 2.45) is 0 Å². The van der Waals surface area contributed by atoms with E-state index in [0.717, 1.165) is 0 Å². The summed E-state index contributed by atoms with van der Waals surface area (Å²) < 4.78 is 2.70. The molecule has 0 N–H and O–H groups in total. The Morgan fingerprint density at radius 2 is 2.56 bits per heavy atom. The Hall–Kier alpha value is -0.640. The van der Waals surface area contributed by atoms with Crippen LogP contribution in [0.15, 0.2) is 6.33 Å². The average molecular weight is 234 g/mol. The van der Waals surface area contributed by atoms with Crippen LogP contribution in [0.1, 0.15) is 0 Å². The third kappa shape index (κ3) is 1.97. The molecule has 0 amide bonds. The van der Waals surface area contributed by atoms with Crippen LogP contribution in [0.5, 0.6) is 0 Å². The zero-order valence-electron chi connectivity index (χ0n) is 4.45. The van der Waals surface area contributed by atoms with Crippen molar-refractivity contribution in [3.63, 3.8) is 0 Å². The maximum absolute atomic E-state index is 3.74. The van der Waals surface area contributed by atoms with Crippen molar-refractivity contribution >= 4 is 22.6 Å². The number of nitrogens with zero attached hydrogens (tertiary/aromatic N) is 4. The number of halogens is 1. The van der Waals surface area contributed by atoms with Crippen LogP contribution in [0.3, 0.4) is 0 Å². The molecule has 4 nitrogen and oxygen atoms in total. The minimum atomic E-state index is 0.517. The lowest BCUT2D eigenvalue weighted by atomic mass is 10.7. The van der Waals surface area contributed by atoms with Gasteiger partial charge in [-0.1, -0.05) is 5.92 Å². The lowest BCUT2D eigenvalue weighted by Gasteiger charge is -1.83. The molecule has 0 spiro atoms. The van der Waals surface area contributed by atoms with Crippen LogP contribution in [0, 0.1) is 9.85 Å². The number of aromatic nitrogens is 4. The van der Waals surface area contributed by atoms with Crippen molar-refractivity contribution in [3.05, 3.63) is 6.33 Å². The van der Waals surface area contributed by atoms with Gasteiger partial charge in [-0.15, -0.1) is 10.2 Å². The van der Waals surface area contributed by atoms with Crippen molar-refractivity contribution in [1.29, 1.82) is 0 Å². The fourth-order valence-electron chi connectivity index (χ4n) is 0.362. The summed E-state index contributed by atoms with van der Waals surface area (Å²) in [6.45, 7) is 0.517. The summed E-state index contributed by atoms with van der Waals surface area (Å²) in [6.07, 6.45) is 1.38. The van der Waals surface area contributed by atoms with Gasteiger partial charge >= 0.3 is 0 Å². The second kappa shape index (κ2) is 3.40. The Balaban J connectivity index is 2.54. The van der Waals surface area contributed by atoms with Crippen LogP contribution in [-0.2, 0) is 6.54 Å². The maximum atomic E-state index is 3.74. The molecule has 0 unspecified atom stereocenters. The summed E-state index contributed by atoms with van der Waals surface area (Å²) in [5.74, 6) is 2.79. The van der Waals surface area contributed by atoms with Gasteiger partial charge in [0.25, 0.3) is 0 Å². The van der Waals surface area contributed by atoms with Gasteiger partial charge in [0.15, 0.2) is 6.33 Å². The SMILES string of the molecule is IC#CCn1ncnn1. The summed E-state index contributed by atoms with van der Waals surface area (Å²) in [5, 5.41) is 10.9. The largest absolute Gasteiger partial charge is 0.162 e. The molecule has 1 rings (SSSR count). The van der Waals surface area contributed by atoms with Crippen molar-refractivity contribution in [2.75, 3.05) is 0 Å². The zero-order valence-corrected chi connectivity index (χ0v) is 6.61. The van der Waals surface area contributed by atoms with Crippen molar-refractivity contribution < 1.29 is 0 Å². The van der Waals surface area contributed by atoms with Gasteiger partial charge in [-0.2, -0.15) is 4.80 Å². The van der Waals surface area contributed by atoms with Gasteiger partial charge < -0.3 is 0 Å². The Kier molecular flexibility index (Phi) is 2.45. The van der Waals surface area contributed by atoms with E-state index in [1.165, 1.54) is 11.1 Å². The molecule has 9 heavy (non-hydrogen) atoms. The van der Waals surface area contributed by atoms with Crippen LogP contribution in [0.2, 0.25) is 0 Å². The quantitative estimate of drug-likeness (QED) is 0.510. The molecule has 0 aliphatic rings. The molecule has 0 aliphatic heterocycles. The molecule has 0 aliphatic carbocycles. The minimum absolute atomic E-state index is 0.517. The molecular weight excluding hydrogens is 231 g/mol. The van der Waals surface area contributed by atoms with E-state index in [2.05, 4.69) is 25.3 Å². The van der Waals surface area contributed by atoms with Crippen molar-refractivity contribution in [2.45, 2.75) is 6.54 Å². The monoisotopic (exact) mass is 234 g/mol. The summed E-state index contributed by atoms with van der Waals surface area (Å²) in [6, 6.07) is 0. The van der Waals surface area contributed by atoms with E-state index >= 15 is 0 Å². The molecule has 1 heterocycles. The van der Waals surface area contributed by atoms with Gasteiger partial charge in [-0.25, -0.2) is 0 Å². The van der Waals surface area contributed by atoms with Crippen LogP contribution in [0.4, 0.5) is 0 Å². The average Bonchev–Trinajstić information content (AvgIpc) is 2.34. The fraction of sp³-hybridized carbons (Fsp3) is 0.250. The highest BCUT2D eigenvalue weighted by atomic mass is 127. The third-order valence-corrected chi connectivity index (χ3v) is 1.06. The highest BCUT2D eigenvalue weighted by Gasteiger charge is 1.83. The lowest BCUT2D eigenvalue weighted by molar-refractivity contribution is 0.592.